The molecule has 2 N–H and O–H groups in total. The lowest BCUT2D eigenvalue weighted by Crippen LogP contribution is -2.37. The highest BCUT2D eigenvalue weighted by Crippen LogP contribution is 2.34. The van der Waals surface area contributed by atoms with Crippen molar-refractivity contribution >= 4 is 23.2 Å². The average molecular weight is 311 g/mol. The number of carbonyl (C=O) groups is 1. The summed E-state index contributed by atoms with van der Waals surface area (Å²) in [6, 6.07) is 5.32. The maximum atomic E-state index is 12.7. The van der Waals surface area contributed by atoms with Crippen molar-refractivity contribution < 1.29 is 9.53 Å². The van der Waals surface area contributed by atoms with Crippen LogP contribution in [-0.2, 0) is 4.79 Å². The zero-order chi connectivity index (χ0) is 15.3. The first-order valence-electron chi connectivity index (χ1n) is 7.56. The van der Waals surface area contributed by atoms with Crippen molar-refractivity contribution in [3.63, 3.8) is 0 Å². The maximum absolute atomic E-state index is 12.7. The highest BCUT2D eigenvalue weighted by Gasteiger charge is 2.39. The normalized spacial score (nSPS) is 21.3. The summed E-state index contributed by atoms with van der Waals surface area (Å²) in [4.78, 5) is 12.7. The highest BCUT2D eigenvalue weighted by molar-refractivity contribution is 6.31. The molecular weight excluding hydrogens is 288 g/mol. The van der Waals surface area contributed by atoms with Gasteiger partial charge in [0, 0.05) is 11.6 Å². The number of nitrogens with one attached hydrogen (secondary N) is 2. The zero-order valence-electron chi connectivity index (χ0n) is 12.7. The highest BCUT2D eigenvalue weighted by atomic mass is 35.5. The Balaban J connectivity index is 2.17. The molecule has 0 spiro atoms. The molecule has 0 aliphatic carbocycles. The molecule has 1 unspecified atom stereocenters. The minimum atomic E-state index is -0.329. The zero-order valence-corrected chi connectivity index (χ0v) is 13.4. The fourth-order valence-electron chi connectivity index (χ4n) is 2.59. The van der Waals surface area contributed by atoms with E-state index in [0.29, 0.717) is 23.1 Å². The van der Waals surface area contributed by atoms with Gasteiger partial charge in [0.2, 0.25) is 5.91 Å². The van der Waals surface area contributed by atoms with E-state index in [1.165, 1.54) is 0 Å². The van der Waals surface area contributed by atoms with Crippen molar-refractivity contribution in [2.24, 2.45) is 5.41 Å². The number of carbonyl (C=O) groups excluding carboxylic acids is 1. The molecule has 1 fully saturated rings. The SMILES string of the molecule is CCCOc1ccc(Cl)cc1NC(=O)C1(CC)CCNC1. The van der Waals surface area contributed by atoms with Gasteiger partial charge in [-0.3, -0.25) is 4.79 Å². The van der Waals surface area contributed by atoms with Crippen LogP contribution < -0.4 is 15.4 Å². The van der Waals surface area contributed by atoms with Crippen LogP contribution in [0.5, 0.6) is 5.75 Å². The van der Waals surface area contributed by atoms with Crippen LogP contribution in [0.4, 0.5) is 5.69 Å². The Kier molecular flexibility index (Phi) is 5.48. The molecule has 0 aromatic heterocycles. The molecule has 0 saturated carbocycles. The van der Waals surface area contributed by atoms with Crippen molar-refractivity contribution in [2.75, 3.05) is 25.0 Å². The molecule has 1 aliphatic rings. The second-order valence-corrected chi connectivity index (χ2v) is 5.94. The maximum Gasteiger partial charge on any atom is 0.232 e. The quantitative estimate of drug-likeness (QED) is 0.846. The van der Waals surface area contributed by atoms with Gasteiger partial charge in [0.1, 0.15) is 5.75 Å². The van der Waals surface area contributed by atoms with Crippen molar-refractivity contribution in [1.82, 2.24) is 5.32 Å². The predicted molar refractivity (Wildman–Crippen MR) is 86.1 cm³/mol. The summed E-state index contributed by atoms with van der Waals surface area (Å²) >= 11 is 6.04. The molecule has 1 amide bonds. The van der Waals surface area contributed by atoms with Gasteiger partial charge in [-0.05, 0) is 44.0 Å². The first-order chi connectivity index (χ1) is 10.1. The van der Waals surface area contributed by atoms with E-state index in [-0.39, 0.29) is 11.3 Å². The van der Waals surface area contributed by atoms with Gasteiger partial charge in [-0.25, -0.2) is 0 Å². The van der Waals surface area contributed by atoms with Crippen LogP contribution in [0.15, 0.2) is 18.2 Å². The Morgan fingerprint density at radius 3 is 2.90 bits per heavy atom. The number of anilines is 1. The topological polar surface area (TPSA) is 50.4 Å². The molecule has 1 heterocycles. The van der Waals surface area contributed by atoms with E-state index >= 15 is 0 Å². The fraction of sp³-hybridized carbons (Fsp3) is 0.562. The number of benzene rings is 1. The molecular formula is C16H23ClN2O2. The van der Waals surface area contributed by atoms with E-state index in [0.717, 1.165) is 32.4 Å². The van der Waals surface area contributed by atoms with E-state index < -0.39 is 0 Å². The Morgan fingerprint density at radius 2 is 2.29 bits per heavy atom. The molecule has 1 atom stereocenters. The summed E-state index contributed by atoms with van der Waals surface area (Å²) in [5.74, 6) is 0.713. The van der Waals surface area contributed by atoms with Gasteiger partial charge < -0.3 is 15.4 Å². The molecule has 4 nitrogen and oxygen atoms in total. The van der Waals surface area contributed by atoms with Crippen molar-refractivity contribution in [2.45, 2.75) is 33.1 Å². The molecule has 1 aromatic rings. The number of halogens is 1. The largest absolute Gasteiger partial charge is 0.491 e. The molecule has 0 radical (unpaired) electrons. The van der Waals surface area contributed by atoms with E-state index in [4.69, 9.17) is 16.3 Å². The molecule has 5 heteroatoms. The van der Waals surface area contributed by atoms with Crippen molar-refractivity contribution in [3.8, 4) is 5.75 Å². The number of ether oxygens (including phenoxy) is 1. The second kappa shape index (κ2) is 7.14. The minimum Gasteiger partial charge on any atom is -0.491 e. The smallest absolute Gasteiger partial charge is 0.232 e. The lowest BCUT2D eigenvalue weighted by Gasteiger charge is -2.25. The Labute approximate surface area is 131 Å². The number of hydrogen-bond acceptors (Lipinski definition) is 3. The van der Waals surface area contributed by atoms with Crippen LogP contribution in [0, 0.1) is 5.41 Å². The lowest BCUT2D eigenvalue weighted by atomic mass is 9.83. The van der Waals surface area contributed by atoms with Gasteiger partial charge in [0.15, 0.2) is 0 Å². The Bertz CT molecular complexity index is 499. The Hall–Kier alpha value is -1.26. The van der Waals surface area contributed by atoms with Gasteiger partial charge >= 0.3 is 0 Å². The fourth-order valence-corrected chi connectivity index (χ4v) is 2.76. The van der Waals surface area contributed by atoms with Gasteiger partial charge in [-0.2, -0.15) is 0 Å². The van der Waals surface area contributed by atoms with Gasteiger partial charge in [-0.1, -0.05) is 25.4 Å². The number of hydrogen-bond donors (Lipinski definition) is 2. The lowest BCUT2D eigenvalue weighted by molar-refractivity contribution is -0.124. The third-order valence-corrected chi connectivity index (χ3v) is 4.29. The average Bonchev–Trinajstić information content (AvgIpc) is 2.96. The van der Waals surface area contributed by atoms with Crippen LogP contribution in [0.25, 0.3) is 0 Å². The third kappa shape index (κ3) is 3.69. The molecule has 2 rings (SSSR count). The predicted octanol–water partition coefficient (Wildman–Crippen LogP) is 3.46. The second-order valence-electron chi connectivity index (χ2n) is 5.50. The van der Waals surface area contributed by atoms with Crippen LogP contribution in [-0.4, -0.2) is 25.6 Å². The molecule has 116 valence electrons. The number of amides is 1. The molecule has 1 saturated heterocycles. The summed E-state index contributed by atoms with van der Waals surface area (Å²) in [7, 11) is 0. The molecule has 1 aromatic carbocycles. The van der Waals surface area contributed by atoms with E-state index in [1.807, 2.05) is 6.92 Å². The molecule has 21 heavy (non-hydrogen) atoms. The van der Waals surface area contributed by atoms with E-state index in [9.17, 15) is 4.79 Å². The van der Waals surface area contributed by atoms with Crippen LogP contribution >= 0.6 is 11.6 Å². The third-order valence-electron chi connectivity index (χ3n) is 4.05. The summed E-state index contributed by atoms with van der Waals surface area (Å²) in [5, 5.41) is 6.87. The van der Waals surface area contributed by atoms with Crippen LogP contribution in [0.2, 0.25) is 5.02 Å². The van der Waals surface area contributed by atoms with Gasteiger partial charge in [0.05, 0.1) is 17.7 Å². The summed E-state index contributed by atoms with van der Waals surface area (Å²) in [6.45, 7) is 6.32. The van der Waals surface area contributed by atoms with E-state index in [2.05, 4.69) is 17.6 Å². The summed E-state index contributed by atoms with van der Waals surface area (Å²) in [5.41, 5.74) is 0.324. The molecule has 0 bridgehead atoms. The first kappa shape index (κ1) is 16.1. The Morgan fingerprint density at radius 1 is 1.48 bits per heavy atom. The molecule has 1 aliphatic heterocycles. The van der Waals surface area contributed by atoms with Gasteiger partial charge in [-0.15, -0.1) is 0 Å². The van der Waals surface area contributed by atoms with Crippen molar-refractivity contribution in [1.29, 1.82) is 0 Å². The van der Waals surface area contributed by atoms with Crippen molar-refractivity contribution in [3.05, 3.63) is 23.2 Å². The standard InChI is InChI=1S/C16H23ClN2O2/c1-3-9-21-14-6-5-12(17)10-13(14)19-15(20)16(4-2)7-8-18-11-16/h5-6,10,18H,3-4,7-9,11H2,1-2H3,(H,19,20). The number of rotatable bonds is 6. The summed E-state index contributed by atoms with van der Waals surface area (Å²) < 4.78 is 5.68. The first-order valence-corrected chi connectivity index (χ1v) is 7.93. The van der Waals surface area contributed by atoms with E-state index in [1.54, 1.807) is 18.2 Å². The minimum absolute atomic E-state index is 0.0404. The van der Waals surface area contributed by atoms with Crippen LogP contribution in [0.1, 0.15) is 33.1 Å². The summed E-state index contributed by atoms with van der Waals surface area (Å²) in [6.07, 6.45) is 2.59. The van der Waals surface area contributed by atoms with Gasteiger partial charge in [0.25, 0.3) is 0 Å². The monoisotopic (exact) mass is 310 g/mol. The van der Waals surface area contributed by atoms with Crippen LogP contribution in [0.3, 0.4) is 0 Å².